The number of ether oxygens (including phenoxy) is 4. The van der Waals surface area contributed by atoms with Crippen molar-refractivity contribution in [1.29, 1.82) is 0 Å². The average Bonchev–Trinajstić information content (AvgIpc) is 3.31. The van der Waals surface area contributed by atoms with E-state index >= 15 is 0 Å². The third-order valence-electron chi connectivity index (χ3n) is 7.49. The van der Waals surface area contributed by atoms with Gasteiger partial charge in [-0.3, -0.25) is 4.48 Å². The molecule has 190 valence electrons. The lowest BCUT2D eigenvalue weighted by Crippen LogP contribution is -2.56. The molecule has 1 saturated heterocycles. The lowest BCUT2D eigenvalue weighted by Gasteiger charge is -2.43. The van der Waals surface area contributed by atoms with Gasteiger partial charge in [0.15, 0.2) is 5.69 Å². The van der Waals surface area contributed by atoms with Gasteiger partial charge in [0.2, 0.25) is 0 Å². The SMILES string of the molecule is CCCC[N+](C)(c1c(CC)nn2c(-c3c(OC)cc(OC)cc3OC)cccc12)C1CCOCC1. The summed E-state index contributed by atoms with van der Waals surface area (Å²) in [6.45, 7) is 7.22. The van der Waals surface area contributed by atoms with Crippen LogP contribution in [0.4, 0.5) is 5.69 Å². The number of unbranched alkanes of at least 4 members (excludes halogenated alkanes) is 1. The third kappa shape index (κ3) is 4.59. The lowest BCUT2D eigenvalue weighted by atomic mass is 10.0. The molecular formula is C28H40N3O4+. The van der Waals surface area contributed by atoms with Crippen molar-refractivity contribution < 1.29 is 18.9 Å². The maximum absolute atomic E-state index is 5.79. The van der Waals surface area contributed by atoms with Crippen molar-refractivity contribution >= 4 is 11.2 Å². The predicted octanol–water partition coefficient (Wildman–Crippen LogP) is 5.51. The third-order valence-corrected chi connectivity index (χ3v) is 7.49. The Kier molecular flexibility index (Phi) is 7.87. The van der Waals surface area contributed by atoms with Crippen molar-refractivity contribution in [2.75, 3.05) is 48.1 Å². The van der Waals surface area contributed by atoms with Crippen LogP contribution < -0.4 is 18.7 Å². The summed E-state index contributed by atoms with van der Waals surface area (Å²) < 4.78 is 25.8. The number of aryl methyl sites for hydroxylation is 1. The zero-order valence-corrected chi connectivity index (χ0v) is 22.1. The highest BCUT2D eigenvalue weighted by Crippen LogP contribution is 2.44. The molecule has 0 bridgehead atoms. The van der Waals surface area contributed by atoms with E-state index in [9.17, 15) is 0 Å². The number of hydrogen-bond acceptors (Lipinski definition) is 5. The van der Waals surface area contributed by atoms with Gasteiger partial charge in [0, 0.05) is 25.0 Å². The molecule has 1 aromatic carbocycles. The van der Waals surface area contributed by atoms with Crippen LogP contribution in [0.5, 0.6) is 17.2 Å². The highest BCUT2D eigenvalue weighted by molar-refractivity contribution is 5.82. The monoisotopic (exact) mass is 482 g/mol. The molecule has 1 aliphatic rings. The van der Waals surface area contributed by atoms with Gasteiger partial charge in [-0.25, -0.2) is 4.52 Å². The topological polar surface area (TPSA) is 54.2 Å². The van der Waals surface area contributed by atoms with E-state index in [0.29, 0.717) is 23.3 Å². The molecule has 0 radical (unpaired) electrons. The Balaban J connectivity index is 1.97. The first kappa shape index (κ1) is 25.3. The van der Waals surface area contributed by atoms with Gasteiger partial charge < -0.3 is 18.9 Å². The summed E-state index contributed by atoms with van der Waals surface area (Å²) in [6, 6.07) is 10.7. The second kappa shape index (κ2) is 10.9. The van der Waals surface area contributed by atoms with Crippen LogP contribution in [0.1, 0.15) is 45.2 Å². The molecule has 0 amide bonds. The van der Waals surface area contributed by atoms with Crippen molar-refractivity contribution in [3.8, 4) is 28.5 Å². The summed E-state index contributed by atoms with van der Waals surface area (Å²) in [5.74, 6) is 2.07. The van der Waals surface area contributed by atoms with E-state index in [-0.39, 0.29) is 0 Å². The summed E-state index contributed by atoms with van der Waals surface area (Å²) in [7, 11) is 7.40. The van der Waals surface area contributed by atoms with Crippen molar-refractivity contribution in [2.45, 2.75) is 52.0 Å². The van der Waals surface area contributed by atoms with Gasteiger partial charge >= 0.3 is 0 Å². The summed E-state index contributed by atoms with van der Waals surface area (Å²) in [6.07, 6.45) is 5.36. The van der Waals surface area contributed by atoms with Crippen LogP contribution in [0.15, 0.2) is 30.3 Å². The van der Waals surface area contributed by atoms with Crippen molar-refractivity contribution in [3.05, 3.63) is 36.0 Å². The van der Waals surface area contributed by atoms with E-state index in [1.165, 1.54) is 18.5 Å². The van der Waals surface area contributed by atoms with Crippen LogP contribution >= 0.6 is 0 Å². The van der Waals surface area contributed by atoms with Crippen LogP contribution in [0.3, 0.4) is 0 Å². The summed E-state index contributed by atoms with van der Waals surface area (Å²) in [5, 5.41) is 5.20. The molecule has 1 aliphatic heterocycles. The average molecular weight is 483 g/mol. The Morgan fingerprint density at radius 3 is 2.29 bits per heavy atom. The Labute approximate surface area is 209 Å². The van der Waals surface area contributed by atoms with Crippen molar-refractivity contribution in [3.63, 3.8) is 0 Å². The first-order chi connectivity index (χ1) is 17.0. The first-order valence-electron chi connectivity index (χ1n) is 12.8. The number of hydrogen-bond donors (Lipinski definition) is 0. The molecule has 2 aromatic heterocycles. The minimum absolute atomic E-state index is 0.516. The fraction of sp³-hybridized carbons (Fsp3) is 0.536. The maximum atomic E-state index is 5.79. The molecular weight excluding hydrogens is 442 g/mol. The van der Waals surface area contributed by atoms with Crippen LogP contribution in [0.25, 0.3) is 16.8 Å². The number of pyridine rings is 1. The number of methoxy groups -OCH3 is 3. The highest BCUT2D eigenvalue weighted by atomic mass is 16.5. The molecule has 1 unspecified atom stereocenters. The Hall–Kier alpha value is -2.77. The lowest BCUT2D eigenvalue weighted by molar-refractivity contribution is 0.0445. The second-order valence-electron chi connectivity index (χ2n) is 9.45. The second-order valence-corrected chi connectivity index (χ2v) is 9.45. The molecule has 1 atom stereocenters. The van der Waals surface area contributed by atoms with E-state index in [0.717, 1.165) is 66.0 Å². The van der Waals surface area contributed by atoms with Gasteiger partial charge in [0.05, 0.1) is 65.4 Å². The fourth-order valence-electron chi connectivity index (χ4n) is 5.56. The van der Waals surface area contributed by atoms with Gasteiger partial charge in [-0.1, -0.05) is 26.3 Å². The van der Waals surface area contributed by atoms with Gasteiger partial charge in [-0.15, -0.1) is 0 Å². The summed E-state index contributed by atoms with van der Waals surface area (Å²) in [4.78, 5) is 0. The molecule has 0 N–H and O–H groups in total. The van der Waals surface area contributed by atoms with E-state index in [1.807, 2.05) is 12.1 Å². The predicted molar refractivity (Wildman–Crippen MR) is 141 cm³/mol. The zero-order valence-electron chi connectivity index (χ0n) is 22.1. The minimum Gasteiger partial charge on any atom is -0.496 e. The maximum Gasteiger partial charge on any atom is 0.182 e. The standard InChI is InChI=1S/C28H40N3O4/c1-7-9-15-31(3,20-13-16-35-17-14-20)28-22(8-2)29-30-23(11-10-12-24(28)30)27-25(33-5)18-21(32-4)19-26(27)34-6/h10-12,18-20H,7-9,13-17H2,1-6H3/q+1. The van der Waals surface area contributed by atoms with Crippen LogP contribution in [-0.4, -0.2) is 63.8 Å². The number of nitrogens with zero attached hydrogens (tertiary/aromatic N) is 3. The number of quaternary nitrogens is 1. The Bertz CT molecular complexity index is 1130. The van der Waals surface area contributed by atoms with E-state index < -0.39 is 0 Å². The van der Waals surface area contributed by atoms with Crippen molar-refractivity contribution in [1.82, 2.24) is 14.1 Å². The van der Waals surface area contributed by atoms with Crippen LogP contribution in [-0.2, 0) is 11.2 Å². The molecule has 0 saturated carbocycles. The van der Waals surface area contributed by atoms with E-state index in [4.69, 9.17) is 24.0 Å². The van der Waals surface area contributed by atoms with Crippen LogP contribution in [0.2, 0.25) is 0 Å². The molecule has 3 aromatic rings. The van der Waals surface area contributed by atoms with Gasteiger partial charge in [0.25, 0.3) is 0 Å². The quantitative estimate of drug-likeness (QED) is 0.357. The molecule has 4 rings (SSSR count). The molecule has 35 heavy (non-hydrogen) atoms. The zero-order chi connectivity index (χ0) is 25.0. The molecule has 0 aliphatic carbocycles. The Morgan fingerprint density at radius 2 is 1.71 bits per heavy atom. The van der Waals surface area contributed by atoms with Crippen LogP contribution in [0, 0.1) is 0 Å². The molecule has 1 fully saturated rings. The minimum atomic E-state index is 0.516. The molecule has 7 heteroatoms. The van der Waals surface area contributed by atoms with E-state index in [1.54, 1.807) is 21.3 Å². The largest absolute Gasteiger partial charge is 0.496 e. The smallest absolute Gasteiger partial charge is 0.182 e. The summed E-state index contributed by atoms with van der Waals surface area (Å²) in [5.41, 5.74) is 5.43. The number of rotatable bonds is 10. The number of fused-ring (bicyclic) bond motifs is 1. The van der Waals surface area contributed by atoms with Crippen molar-refractivity contribution in [2.24, 2.45) is 0 Å². The van der Waals surface area contributed by atoms with E-state index in [2.05, 4.69) is 43.6 Å². The van der Waals surface area contributed by atoms with Gasteiger partial charge in [-0.2, -0.15) is 5.10 Å². The normalized spacial score (nSPS) is 16.3. The fourth-order valence-corrected chi connectivity index (χ4v) is 5.56. The highest BCUT2D eigenvalue weighted by Gasteiger charge is 2.40. The molecule has 0 spiro atoms. The molecule has 7 nitrogen and oxygen atoms in total. The molecule has 3 heterocycles. The summed E-state index contributed by atoms with van der Waals surface area (Å²) >= 11 is 0. The number of benzene rings is 1. The van der Waals surface area contributed by atoms with Gasteiger partial charge in [-0.05, 0) is 25.0 Å². The number of aromatic nitrogens is 2. The first-order valence-corrected chi connectivity index (χ1v) is 12.8. The Morgan fingerprint density at radius 1 is 1.03 bits per heavy atom. The van der Waals surface area contributed by atoms with Gasteiger partial charge in [0.1, 0.15) is 28.5 Å².